The number of carbonyl (C=O) groups excluding carboxylic acids is 1. The molecule has 3 aromatic rings. The molecule has 0 aliphatic heterocycles. The SMILES string of the molecule is CNC(=O)[C@H](c1ccc(Cl)cc1)N(CCCc1ccc(C(F)(F)F)cc1)c1cccc(Cl)n1. The third-order valence-electron chi connectivity index (χ3n) is 5.13. The van der Waals surface area contributed by atoms with Crippen LogP contribution in [-0.2, 0) is 17.4 Å². The molecule has 1 amide bonds. The van der Waals surface area contributed by atoms with E-state index in [1.165, 1.54) is 12.1 Å². The molecule has 0 aliphatic rings. The van der Waals surface area contributed by atoms with Crippen molar-refractivity contribution in [2.75, 3.05) is 18.5 Å². The molecule has 0 radical (unpaired) electrons. The van der Waals surface area contributed by atoms with Gasteiger partial charge in [-0.2, -0.15) is 13.2 Å². The van der Waals surface area contributed by atoms with Gasteiger partial charge in [0.05, 0.1) is 5.56 Å². The first kappa shape index (κ1) is 24.9. The van der Waals surface area contributed by atoms with Crippen LogP contribution in [0.1, 0.15) is 29.2 Å². The van der Waals surface area contributed by atoms with Crippen molar-refractivity contribution in [2.45, 2.75) is 25.1 Å². The van der Waals surface area contributed by atoms with E-state index in [0.29, 0.717) is 30.2 Å². The van der Waals surface area contributed by atoms with Gasteiger partial charge in [0.25, 0.3) is 0 Å². The number of halogens is 5. The number of pyridine rings is 1. The van der Waals surface area contributed by atoms with Crippen molar-refractivity contribution in [2.24, 2.45) is 0 Å². The van der Waals surface area contributed by atoms with Crippen LogP contribution in [0.3, 0.4) is 0 Å². The summed E-state index contributed by atoms with van der Waals surface area (Å²) in [6.45, 7) is 0.412. The number of aromatic nitrogens is 1. The van der Waals surface area contributed by atoms with E-state index in [-0.39, 0.29) is 11.1 Å². The van der Waals surface area contributed by atoms with Gasteiger partial charge in [0.2, 0.25) is 5.91 Å². The van der Waals surface area contributed by atoms with Crippen LogP contribution in [0.2, 0.25) is 10.2 Å². The number of carbonyl (C=O) groups is 1. The first-order valence-corrected chi connectivity index (χ1v) is 11.0. The number of likely N-dealkylation sites (N-methyl/N-ethyl adjacent to an activating group) is 1. The van der Waals surface area contributed by atoms with Gasteiger partial charge in [-0.1, -0.05) is 53.5 Å². The van der Waals surface area contributed by atoms with Crippen LogP contribution in [0.25, 0.3) is 0 Å². The number of alkyl halides is 3. The molecule has 1 atom stereocenters. The van der Waals surface area contributed by atoms with E-state index in [0.717, 1.165) is 23.3 Å². The highest BCUT2D eigenvalue weighted by Crippen LogP contribution is 2.30. The van der Waals surface area contributed by atoms with Gasteiger partial charge in [-0.15, -0.1) is 0 Å². The molecular weight excluding hydrogens is 474 g/mol. The second-order valence-electron chi connectivity index (χ2n) is 7.38. The van der Waals surface area contributed by atoms with Gasteiger partial charge in [-0.25, -0.2) is 4.98 Å². The van der Waals surface area contributed by atoms with Gasteiger partial charge in [-0.05, 0) is 60.4 Å². The molecule has 174 valence electrons. The van der Waals surface area contributed by atoms with Gasteiger partial charge in [0, 0.05) is 18.6 Å². The quantitative estimate of drug-likeness (QED) is 0.371. The van der Waals surface area contributed by atoms with Crippen molar-refractivity contribution in [1.82, 2.24) is 10.3 Å². The number of aryl methyl sites for hydroxylation is 1. The molecule has 0 bridgehead atoms. The van der Waals surface area contributed by atoms with Gasteiger partial charge in [-0.3, -0.25) is 4.79 Å². The zero-order valence-corrected chi connectivity index (χ0v) is 19.3. The lowest BCUT2D eigenvalue weighted by molar-refractivity contribution is -0.137. The normalized spacial score (nSPS) is 12.3. The fourth-order valence-electron chi connectivity index (χ4n) is 3.50. The average molecular weight is 496 g/mol. The molecule has 0 saturated carbocycles. The summed E-state index contributed by atoms with van der Waals surface area (Å²) < 4.78 is 38.4. The Kier molecular flexibility index (Phi) is 8.21. The summed E-state index contributed by atoms with van der Waals surface area (Å²) in [4.78, 5) is 19.1. The second-order valence-corrected chi connectivity index (χ2v) is 8.20. The molecule has 0 spiro atoms. The van der Waals surface area contributed by atoms with Crippen LogP contribution >= 0.6 is 23.2 Å². The zero-order chi connectivity index (χ0) is 24.0. The number of nitrogens with one attached hydrogen (secondary N) is 1. The molecule has 1 N–H and O–H groups in total. The molecular formula is C24H22Cl2F3N3O. The number of amides is 1. The molecule has 0 saturated heterocycles. The van der Waals surface area contributed by atoms with E-state index >= 15 is 0 Å². The van der Waals surface area contributed by atoms with Crippen LogP contribution in [-0.4, -0.2) is 24.5 Å². The molecule has 4 nitrogen and oxygen atoms in total. The van der Waals surface area contributed by atoms with Gasteiger partial charge in [0.1, 0.15) is 17.0 Å². The minimum Gasteiger partial charge on any atom is -0.357 e. The number of hydrogen-bond donors (Lipinski definition) is 1. The predicted octanol–water partition coefficient (Wildman–Crippen LogP) is 6.33. The average Bonchev–Trinajstić information content (AvgIpc) is 2.79. The fraction of sp³-hybridized carbons (Fsp3) is 0.250. The monoisotopic (exact) mass is 495 g/mol. The Morgan fingerprint density at radius 1 is 1.03 bits per heavy atom. The summed E-state index contributed by atoms with van der Waals surface area (Å²) in [5.74, 6) is 0.270. The van der Waals surface area contributed by atoms with Crippen molar-refractivity contribution in [1.29, 1.82) is 0 Å². The minimum atomic E-state index is -4.37. The van der Waals surface area contributed by atoms with Crippen LogP contribution in [0.4, 0.5) is 19.0 Å². The Morgan fingerprint density at radius 2 is 1.70 bits per heavy atom. The van der Waals surface area contributed by atoms with Crippen molar-refractivity contribution in [3.8, 4) is 0 Å². The lowest BCUT2D eigenvalue weighted by Crippen LogP contribution is -2.40. The largest absolute Gasteiger partial charge is 0.416 e. The first-order valence-electron chi connectivity index (χ1n) is 10.2. The summed E-state index contributed by atoms with van der Waals surface area (Å²) in [6, 6.07) is 16.5. The lowest BCUT2D eigenvalue weighted by Gasteiger charge is -2.32. The summed E-state index contributed by atoms with van der Waals surface area (Å²) in [5, 5.41) is 3.52. The topological polar surface area (TPSA) is 45.2 Å². The van der Waals surface area contributed by atoms with Crippen LogP contribution in [0, 0.1) is 0 Å². The summed E-state index contributed by atoms with van der Waals surface area (Å²) in [6.07, 6.45) is -3.27. The summed E-state index contributed by atoms with van der Waals surface area (Å²) >= 11 is 12.1. The van der Waals surface area contributed by atoms with E-state index < -0.39 is 17.8 Å². The molecule has 1 aromatic heterocycles. The molecule has 0 aliphatic carbocycles. The van der Waals surface area contributed by atoms with E-state index in [4.69, 9.17) is 23.2 Å². The molecule has 1 heterocycles. The Bertz CT molecular complexity index is 1070. The lowest BCUT2D eigenvalue weighted by atomic mass is 10.0. The Morgan fingerprint density at radius 3 is 2.27 bits per heavy atom. The highest BCUT2D eigenvalue weighted by atomic mass is 35.5. The van der Waals surface area contributed by atoms with E-state index in [9.17, 15) is 18.0 Å². The second kappa shape index (κ2) is 10.9. The molecule has 9 heteroatoms. The maximum atomic E-state index is 12.9. The highest BCUT2D eigenvalue weighted by Gasteiger charge is 2.30. The number of hydrogen-bond acceptors (Lipinski definition) is 3. The summed E-state index contributed by atoms with van der Waals surface area (Å²) in [7, 11) is 1.55. The van der Waals surface area contributed by atoms with Crippen molar-refractivity contribution < 1.29 is 18.0 Å². The molecule has 2 aromatic carbocycles. The Hall–Kier alpha value is -2.77. The number of benzene rings is 2. The van der Waals surface area contributed by atoms with E-state index in [2.05, 4.69) is 10.3 Å². The maximum absolute atomic E-state index is 12.9. The fourth-order valence-corrected chi connectivity index (χ4v) is 3.79. The molecule has 33 heavy (non-hydrogen) atoms. The van der Waals surface area contributed by atoms with Crippen LogP contribution < -0.4 is 10.2 Å². The maximum Gasteiger partial charge on any atom is 0.416 e. The first-order chi connectivity index (χ1) is 15.7. The smallest absolute Gasteiger partial charge is 0.357 e. The van der Waals surface area contributed by atoms with Crippen LogP contribution in [0.5, 0.6) is 0 Å². The highest BCUT2D eigenvalue weighted by molar-refractivity contribution is 6.30. The number of rotatable bonds is 8. The zero-order valence-electron chi connectivity index (χ0n) is 17.7. The number of nitrogens with zero attached hydrogens (tertiary/aromatic N) is 2. The van der Waals surface area contributed by atoms with Crippen molar-refractivity contribution >= 4 is 34.9 Å². The molecule has 3 rings (SSSR count). The Labute approximate surface area is 200 Å². The van der Waals surface area contributed by atoms with Crippen LogP contribution in [0.15, 0.2) is 66.7 Å². The van der Waals surface area contributed by atoms with Gasteiger partial charge in [0.15, 0.2) is 0 Å². The van der Waals surface area contributed by atoms with Crippen molar-refractivity contribution in [3.63, 3.8) is 0 Å². The summed E-state index contributed by atoms with van der Waals surface area (Å²) in [5.41, 5.74) is 0.804. The number of anilines is 1. The third kappa shape index (κ3) is 6.62. The van der Waals surface area contributed by atoms with Crippen molar-refractivity contribution in [3.05, 3.63) is 93.6 Å². The van der Waals surface area contributed by atoms with E-state index in [1.807, 2.05) is 4.90 Å². The third-order valence-corrected chi connectivity index (χ3v) is 5.60. The Balaban J connectivity index is 1.86. The van der Waals surface area contributed by atoms with Gasteiger partial charge >= 0.3 is 6.18 Å². The van der Waals surface area contributed by atoms with Gasteiger partial charge < -0.3 is 10.2 Å². The van der Waals surface area contributed by atoms with E-state index in [1.54, 1.807) is 49.5 Å². The molecule has 0 unspecified atom stereocenters. The predicted molar refractivity (Wildman–Crippen MR) is 125 cm³/mol. The minimum absolute atomic E-state index is 0.242. The molecule has 0 fully saturated rings. The standard InChI is InChI=1S/C24H22Cl2F3N3O/c1-30-23(33)22(17-9-13-19(25)14-10-17)32(21-6-2-5-20(26)31-21)15-3-4-16-7-11-18(12-8-16)24(27,28)29/h2,5-14,22H,3-4,15H2,1H3,(H,30,33)/t22-/m0/s1.